The summed E-state index contributed by atoms with van der Waals surface area (Å²) in [6.07, 6.45) is 7.19. The van der Waals surface area contributed by atoms with E-state index in [1.165, 1.54) is 12.8 Å². The first-order chi connectivity index (χ1) is 5.81. The zero-order valence-electron chi connectivity index (χ0n) is 7.53. The predicted molar refractivity (Wildman–Crippen MR) is 48.8 cm³/mol. The monoisotopic (exact) mass is 167 g/mol. The van der Waals surface area contributed by atoms with Gasteiger partial charge in [0, 0.05) is 12.1 Å². The van der Waals surface area contributed by atoms with Crippen LogP contribution in [0.25, 0.3) is 0 Å². The molecule has 12 heavy (non-hydrogen) atoms. The first-order valence-corrected chi connectivity index (χ1v) is 4.85. The first-order valence-electron chi connectivity index (χ1n) is 4.85. The Morgan fingerprint density at radius 3 is 3.17 bits per heavy atom. The molecular weight excluding hydrogens is 150 g/mol. The minimum Gasteiger partial charge on any atom is -0.395 e. The summed E-state index contributed by atoms with van der Waals surface area (Å²) in [5, 5.41) is 12.3. The van der Waals surface area contributed by atoms with Crippen molar-refractivity contribution >= 4 is 0 Å². The molecule has 0 spiro atoms. The lowest BCUT2D eigenvalue weighted by Gasteiger charge is -2.42. The Labute approximate surface area is 73.7 Å². The van der Waals surface area contributed by atoms with E-state index in [1.54, 1.807) is 0 Å². The van der Waals surface area contributed by atoms with Crippen molar-refractivity contribution in [2.24, 2.45) is 11.8 Å². The first kappa shape index (κ1) is 8.27. The van der Waals surface area contributed by atoms with E-state index in [4.69, 9.17) is 5.11 Å². The minimum absolute atomic E-state index is 0.248. The molecule has 0 amide bonds. The Hall–Kier alpha value is -0.340. The molecule has 0 bridgehead atoms. The van der Waals surface area contributed by atoms with Crippen molar-refractivity contribution in [3.8, 4) is 0 Å². The highest BCUT2D eigenvalue weighted by Gasteiger charge is 2.40. The van der Waals surface area contributed by atoms with Gasteiger partial charge < -0.3 is 10.4 Å². The number of aliphatic hydroxyl groups is 1. The molecule has 2 aliphatic carbocycles. The summed E-state index contributed by atoms with van der Waals surface area (Å²) >= 11 is 0. The molecule has 2 rings (SSSR count). The van der Waals surface area contributed by atoms with Crippen molar-refractivity contribution in [1.82, 2.24) is 5.32 Å². The maximum atomic E-state index is 8.86. The molecule has 0 aromatic carbocycles. The van der Waals surface area contributed by atoms with E-state index in [1.807, 2.05) is 6.92 Å². The normalized spacial score (nSPS) is 40.7. The van der Waals surface area contributed by atoms with Crippen LogP contribution < -0.4 is 5.32 Å². The molecule has 1 fully saturated rings. The van der Waals surface area contributed by atoms with Gasteiger partial charge in [-0.15, -0.1) is 0 Å². The summed E-state index contributed by atoms with van der Waals surface area (Å²) < 4.78 is 0. The fraction of sp³-hybridized carbons (Fsp3) is 0.800. The van der Waals surface area contributed by atoms with Gasteiger partial charge in [-0.1, -0.05) is 12.2 Å². The number of hydrogen-bond acceptors (Lipinski definition) is 2. The Bertz CT molecular complexity index is 190. The molecule has 1 saturated carbocycles. The summed E-state index contributed by atoms with van der Waals surface area (Å²) in [5.41, 5.74) is 0. The SMILES string of the molecule is C[C@H](CO)NC1CC2CC=CC21. The topological polar surface area (TPSA) is 32.3 Å². The fourth-order valence-electron chi connectivity index (χ4n) is 2.33. The van der Waals surface area contributed by atoms with Crippen LogP contribution in [0.2, 0.25) is 0 Å². The molecule has 4 atom stereocenters. The highest BCUT2D eigenvalue weighted by Crippen LogP contribution is 2.42. The van der Waals surface area contributed by atoms with Crippen LogP contribution in [0.1, 0.15) is 19.8 Å². The van der Waals surface area contributed by atoms with Gasteiger partial charge in [0.15, 0.2) is 0 Å². The minimum atomic E-state index is 0.248. The maximum absolute atomic E-state index is 8.86. The number of allylic oxidation sites excluding steroid dienone is 1. The molecule has 2 nitrogen and oxygen atoms in total. The van der Waals surface area contributed by atoms with Crippen LogP contribution in [0.15, 0.2) is 12.2 Å². The molecule has 0 aliphatic heterocycles. The van der Waals surface area contributed by atoms with Gasteiger partial charge in [0.1, 0.15) is 0 Å². The highest BCUT2D eigenvalue weighted by molar-refractivity contribution is 5.13. The van der Waals surface area contributed by atoms with E-state index in [9.17, 15) is 0 Å². The largest absolute Gasteiger partial charge is 0.395 e. The Balaban J connectivity index is 1.80. The predicted octanol–water partition coefficient (Wildman–Crippen LogP) is 0.921. The van der Waals surface area contributed by atoms with E-state index in [0.29, 0.717) is 6.04 Å². The lowest BCUT2D eigenvalue weighted by molar-refractivity contribution is 0.134. The smallest absolute Gasteiger partial charge is 0.0582 e. The lowest BCUT2D eigenvalue weighted by Crippen LogP contribution is -2.51. The Morgan fingerprint density at radius 1 is 1.67 bits per heavy atom. The summed E-state index contributed by atoms with van der Waals surface area (Å²) in [6.45, 7) is 2.28. The van der Waals surface area contributed by atoms with Gasteiger partial charge in [-0.05, 0) is 31.6 Å². The van der Waals surface area contributed by atoms with Crippen molar-refractivity contribution in [1.29, 1.82) is 0 Å². The fourth-order valence-corrected chi connectivity index (χ4v) is 2.33. The zero-order chi connectivity index (χ0) is 8.55. The van der Waals surface area contributed by atoms with Crippen LogP contribution in [0.4, 0.5) is 0 Å². The van der Waals surface area contributed by atoms with E-state index in [-0.39, 0.29) is 12.6 Å². The second-order valence-corrected chi connectivity index (χ2v) is 4.09. The van der Waals surface area contributed by atoms with Crippen molar-refractivity contribution in [3.63, 3.8) is 0 Å². The van der Waals surface area contributed by atoms with Gasteiger partial charge in [0.05, 0.1) is 6.61 Å². The van der Waals surface area contributed by atoms with E-state index >= 15 is 0 Å². The van der Waals surface area contributed by atoms with Crippen LogP contribution in [0, 0.1) is 11.8 Å². The van der Waals surface area contributed by atoms with Gasteiger partial charge in [-0.2, -0.15) is 0 Å². The van der Waals surface area contributed by atoms with Crippen molar-refractivity contribution in [2.45, 2.75) is 31.8 Å². The number of fused-ring (bicyclic) bond motifs is 1. The molecule has 0 heterocycles. The molecule has 2 heteroatoms. The van der Waals surface area contributed by atoms with E-state index < -0.39 is 0 Å². The number of aliphatic hydroxyl groups excluding tert-OH is 1. The number of rotatable bonds is 3. The standard InChI is InChI=1S/C10H17NO/c1-7(6-12)11-10-5-8-3-2-4-9(8)10/h2,4,7-12H,3,5-6H2,1H3/t7-,8?,9?,10?/m1/s1. The Kier molecular flexibility index (Phi) is 2.20. The van der Waals surface area contributed by atoms with Gasteiger partial charge in [-0.25, -0.2) is 0 Å². The summed E-state index contributed by atoms with van der Waals surface area (Å²) in [5.74, 6) is 1.67. The molecular formula is C10H17NO. The summed E-state index contributed by atoms with van der Waals surface area (Å²) in [7, 11) is 0. The van der Waals surface area contributed by atoms with Crippen LogP contribution in [-0.2, 0) is 0 Å². The number of nitrogens with one attached hydrogen (secondary N) is 1. The maximum Gasteiger partial charge on any atom is 0.0582 e. The molecule has 0 aromatic rings. The van der Waals surface area contributed by atoms with Crippen LogP contribution in [0.5, 0.6) is 0 Å². The van der Waals surface area contributed by atoms with Gasteiger partial charge in [0.25, 0.3) is 0 Å². The van der Waals surface area contributed by atoms with Crippen LogP contribution in [-0.4, -0.2) is 23.8 Å². The second kappa shape index (κ2) is 3.19. The van der Waals surface area contributed by atoms with Gasteiger partial charge in [-0.3, -0.25) is 0 Å². The molecule has 0 saturated heterocycles. The van der Waals surface area contributed by atoms with Crippen molar-refractivity contribution < 1.29 is 5.11 Å². The molecule has 2 N–H and O–H groups in total. The quantitative estimate of drug-likeness (QED) is 0.613. The molecule has 3 unspecified atom stereocenters. The third kappa shape index (κ3) is 1.29. The average Bonchev–Trinajstić information content (AvgIpc) is 2.42. The lowest BCUT2D eigenvalue weighted by atomic mass is 9.71. The summed E-state index contributed by atoms with van der Waals surface area (Å²) in [4.78, 5) is 0. The number of hydrogen-bond donors (Lipinski definition) is 2. The van der Waals surface area contributed by atoms with Crippen molar-refractivity contribution in [3.05, 3.63) is 12.2 Å². The molecule has 68 valence electrons. The molecule has 0 aromatic heterocycles. The third-order valence-electron chi connectivity index (χ3n) is 3.14. The van der Waals surface area contributed by atoms with E-state index in [2.05, 4.69) is 17.5 Å². The van der Waals surface area contributed by atoms with Crippen LogP contribution in [0.3, 0.4) is 0 Å². The molecule has 2 aliphatic rings. The Morgan fingerprint density at radius 2 is 2.50 bits per heavy atom. The highest BCUT2D eigenvalue weighted by atomic mass is 16.3. The van der Waals surface area contributed by atoms with Crippen LogP contribution >= 0.6 is 0 Å². The van der Waals surface area contributed by atoms with Gasteiger partial charge >= 0.3 is 0 Å². The molecule has 0 radical (unpaired) electrons. The average molecular weight is 167 g/mol. The second-order valence-electron chi connectivity index (χ2n) is 4.09. The van der Waals surface area contributed by atoms with Crippen molar-refractivity contribution in [2.75, 3.05) is 6.61 Å². The summed E-state index contributed by atoms with van der Waals surface area (Å²) in [6, 6.07) is 0.890. The van der Waals surface area contributed by atoms with Gasteiger partial charge in [0.2, 0.25) is 0 Å². The third-order valence-corrected chi connectivity index (χ3v) is 3.14. The van der Waals surface area contributed by atoms with E-state index in [0.717, 1.165) is 11.8 Å². The zero-order valence-corrected chi connectivity index (χ0v) is 7.53.